The van der Waals surface area contributed by atoms with Gasteiger partial charge in [0.15, 0.2) is 0 Å². The molecule has 4 aliphatic carbocycles. The second-order valence-electron chi connectivity index (χ2n) is 5.71. The molecule has 4 rings (SSSR count). The predicted octanol–water partition coefficient (Wildman–Crippen LogP) is 3.47. The van der Waals surface area contributed by atoms with Gasteiger partial charge in [-0.15, -0.1) is 0 Å². The molecule has 0 nitrogen and oxygen atoms in total. The Bertz CT molecular complexity index is 194. The fourth-order valence-electron chi connectivity index (χ4n) is 4.47. The van der Waals surface area contributed by atoms with Crippen molar-refractivity contribution in [3.63, 3.8) is 0 Å². The minimum absolute atomic E-state index is 0.917. The van der Waals surface area contributed by atoms with Gasteiger partial charge in [0.25, 0.3) is 0 Å². The molecule has 0 aromatic heterocycles. The Kier molecular flexibility index (Phi) is 1.28. The zero-order valence-electron chi connectivity index (χ0n) is 8.34. The van der Waals surface area contributed by atoms with Gasteiger partial charge in [-0.1, -0.05) is 20.3 Å². The molecule has 0 spiro atoms. The van der Waals surface area contributed by atoms with Crippen LogP contribution in [-0.4, -0.2) is 0 Å². The Morgan fingerprint density at radius 1 is 1.33 bits per heavy atom. The summed E-state index contributed by atoms with van der Waals surface area (Å²) < 4.78 is 0. The molecule has 3 atom stereocenters. The van der Waals surface area contributed by atoms with E-state index in [1.807, 2.05) is 0 Å². The van der Waals surface area contributed by atoms with Crippen LogP contribution in [0, 0.1) is 29.1 Å². The molecule has 4 bridgehead atoms. The van der Waals surface area contributed by atoms with Crippen LogP contribution in [0.5, 0.6) is 0 Å². The van der Waals surface area contributed by atoms with Gasteiger partial charge in [0.1, 0.15) is 0 Å². The number of rotatable bonds is 3. The van der Waals surface area contributed by atoms with E-state index in [2.05, 4.69) is 13.8 Å². The first-order chi connectivity index (χ1) is 5.76. The molecule has 0 heterocycles. The van der Waals surface area contributed by atoms with E-state index in [1.54, 1.807) is 25.7 Å². The first kappa shape index (κ1) is 7.41. The molecule has 0 aromatic rings. The minimum atomic E-state index is 0.917. The van der Waals surface area contributed by atoms with E-state index in [4.69, 9.17) is 0 Å². The molecule has 0 radical (unpaired) electrons. The summed E-state index contributed by atoms with van der Waals surface area (Å²) in [7, 11) is 0. The third-order valence-electron chi connectivity index (χ3n) is 5.12. The number of hydrogen-bond donors (Lipinski definition) is 0. The topological polar surface area (TPSA) is 0 Å². The second kappa shape index (κ2) is 2.08. The molecule has 4 aliphatic rings. The van der Waals surface area contributed by atoms with Crippen molar-refractivity contribution in [1.82, 2.24) is 0 Å². The molecule has 0 saturated heterocycles. The molecule has 0 aliphatic heterocycles. The lowest BCUT2D eigenvalue weighted by molar-refractivity contribution is 0.346. The first-order valence-electron chi connectivity index (χ1n) is 5.76. The maximum absolute atomic E-state index is 2.44. The average molecular weight is 164 g/mol. The van der Waals surface area contributed by atoms with Crippen LogP contribution in [0.1, 0.15) is 46.0 Å². The maximum atomic E-state index is 2.44. The maximum Gasteiger partial charge on any atom is -0.0230 e. The van der Waals surface area contributed by atoms with Crippen molar-refractivity contribution < 1.29 is 0 Å². The smallest absolute Gasteiger partial charge is 0.0230 e. The summed E-state index contributed by atoms with van der Waals surface area (Å²) in [5.41, 5.74) is 0.917. The van der Waals surface area contributed by atoms with Crippen LogP contribution < -0.4 is 0 Å². The average Bonchev–Trinajstić information content (AvgIpc) is 2.55. The third kappa shape index (κ3) is 0.701. The highest BCUT2D eigenvalue weighted by Gasteiger charge is 2.73. The summed E-state index contributed by atoms with van der Waals surface area (Å²) in [4.78, 5) is 0. The molecule has 68 valence electrons. The molecule has 4 fully saturated rings. The summed E-state index contributed by atoms with van der Waals surface area (Å²) >= 11 is 0. The van der Waals surface area contributed by atoms with Crippen LogP contribution in [0.2, 0.25) is 0 Å². The molecule has 0 aromatic carbocycles. The van der Waals surface area contributed by atoms with Gasteiger partial charge in [0.2, 0.25) is 0 Å². The van der Waals surface area contributed by atoms with E-state index in [0.717, 1.165) is 11.3 Å². The fourth-order valence-corrected chi connectivity index (χ4v) is 4.47. The van der Waals surface area contributed by atoms with E-state index < -0.39 is 0 Å². The van der Waals surface area contributed by atoms with Gasteiger partial charge in [-0.25, -0.2) is 0 Å². The lowest BCUT2D eigenvalue weighted by Gasteiger charge is -2.16. The van der Waals surface area contributed by atoms with Crippen LogP contribution in [0.15, 0.2) is 0 Å². The van der Waals surface area contributed by atoms with Gasteiger partial charge >= 0.3 is 0 Å². The molecule has 0 heteroatoms. The molecule has 0 amide bonds. The van der Waals surface area contributed by atoms with Crippen LogP contribution in [0.3, 0.4) is 0 Å². The van der Waals surface area contributed by atoms with Crippen LogP contribution >= 0.6 is 0 Å². The highest BCUT2D eigenvalue weighted by atomic mass is 14.8. The van der Waals surface area contributed by atoms with E-state index >= 15 is 0 Å². The van der Waals surface area contributed by atoms with Gasteiger partial charge in [-0.2, -0.15) is 0 Å². The summed E-state index contributed by atoms with van der Waals surface area (Å²) in [5.74, 6) is 4.58. The highest BCUT2D eigenvalue weighted by Crippen LogP contribution is 2.81. The van der Waals surface area contributed by atoms with Crippen molar-refractivity contribution in [3.05, 3.63) is 0 Å². The van der Waals surface area contributed by atoms with E-state index in [1.165, 1.54) is 24.2 Å². The van der Waals surface area contributed by atoms with Crippen molar-refractivity contribution in [2.24, 2.45) is 29.1 Å². The van der Waals surface area contributed by atoms with Gasteiger partial charge in [-0.05, 0) is 54.8 Å². The molecular formula is C12H20. The Labute approximate surface area is 75.7 Å². The Morgan fingerprint density at radius 2 is 2.00 bits per heavy atom. The zero-order chi connectivity index (χ0) is 8.34. The normalized spacial score (nSPS) is 56.0. The summed E-state index contributed by atoms with van der Waals surface area (Å²) in [6, 6.07) is 0. The summed E-state index contributed by atoms with van der Waals surface area (Å²) in [6.45, 7) is 4.79. The van der Waals surface area contributed by atoms with Crippen molar-refractivity contribution in [1.29, 1.82) is 0 Å². The summed E-state index contributed by atoms with van der Waals surface area (Å²) in [5, 5.41) is 0. The largest absolute Gasteiger partial charge is 0.0651 e. The monoisotopic (exact) mass is 164 g/mol. The van der Waals surface area contributed by atoms with E-state index in [9.17, 15) is 0 Å². The van der Waals surface area contributed by atoms with Crippen molar-refractivity contribution >= 4 is 0 Å². The van der Waals surface area contributed by atoms with Crippen LogP contribution in [0.25, 0.3) is 0 Å². The zero-order valence-corrected chi connectivity index (χ0v) is 8.34. The van der Waals surface area contributed by atoms with E-state index in [0.29, 0.717) is 0 Å². The Morgan fingerprint density at radius 3 is 2.42 bits per heavy atom. The Hall–Kier alpha value is 0. The van der Waals surface area contributed by atoms with Gasteiger partial charge in [-0.3, -0.25) is 0 Å². The van der Waals surface area contributed by atoms with Crippen molar-refractivity contribution in [3.8, 4) is 0 Å². The van der Waals surface area contributed by atoms with Gasteiger partial charge in [0.05, 0.1) is 0 Å². The Balaban J connectivity index is 1.72. The molecule has 12 heavy (non-hydrogen) atoms. The van der Waals surface area contributed by atoms with E-state index in [-0.39, 0.29) is 0 Å². The van der Waals surface area contributed by atoms with Crippen LogP contribution in [0.4, 0.5) is 0 Å². The SMILES string of the molecule is CCC(C)CC12CC3CC1C2C3. The fraction of sp³-hybridized carbons (Fsp3) is 1.00. The first-order valence-corrected chi connectivity index (χ1v) is 5.76. The predicted molar refractivity (Wildman–Crippen MR) is 50.8 cm³/mol. The molecule has 4 saturated carbocycles. The molecular weight excluding hydrogens is 144 g/mol. The second-order valence-corrected chi connectivity index (χ2v) is 5.71. The molecule has 3 unspecified atom stereocenters. The number of hydrogen-bond acceptors (Lipinski definition) is 0. The van der Waals surface area contributed by atoms with Crippen LogP contribution in [-0.2, 0) is 0 Å². The van der Waals surface area contributed by atoms with Gasteiger partial charge < -0.3 is 0 Å². The van der Waals surface area contributed by atoms with Crippen molar-refractivity contribution in [2.45, 2.75) is 46.0 Å². The van der Waals surface area contributed by atoms with Gasteiger partial charge in [0, 0.05) is 0 Å². The lowest BCUT2D eigenvalue weighted by Crippen LogP contribution is -2.06. The minimum Gasteiger partial charge on any atom is -0.0651 e. The summed E-state index contributed by atoms with van der Waals surface area (Å²) in [6.07, 6.45) is 7.80. The quantitative estimate of drug-likeness (QED) is 0.599. The lowest BCUT2D eigenvalue weighted by atomic mass is 9.89. The third-order valence-corrected chi connectivity index (χ3v) is 5.12. The highest BCUT2D eigenvalue weighted by molar-refractivity contribution is 5.22. The molecule has 0 N–H and O–H groups in total. The standard InChI is InChI=1S/C12H20/c1-3-8(2)6-12-7-9-4-10(12)11(12)5-9/h8-11H,3-7H2,1-2H3. The van der Waals surface area contributed by atoms with Crippen molar-refractivity contribution in [2.75, 3.05) is 0 Å².